The molecule has 0 aliphatic carbocycles. The maximum atomic E-state index is 11.7. The second-order valence-corrected chi connectivity index (χ2v) is 5.28. The van der Waals surface area contributed by atoms with Gasteiger partial charge in [0.2, 0.25) is 0 Å². The molecular formula is C14H15BrN2O4. The van der Waals surface area contributed by atoms with Crippen molar-refractivity contribution in [1.82, 2.24) is 5.32 Å². The summed E-state index contributed by atoms with van der Waals surface area (Å²) in [6, 6.07) is 4.46. The van der Waals surface area contributed by atoms with Gasteiger partial charge in [0, 0.05) is 21.3 Å². The first-order valence-electron chi connectivity index (χ1n) is 6.01. The van der Waals surface area contributed by atoms with Crippen molar-refractivity contribution in [1.29, 1.82) is 0 Å². The molecule has 7 heteroatoms. The third-order valence-electron chi connectivity index (χ3n) is 2.87. The molecule has 0 aromatic heterocycles. The molecule has 1 rings (SSSR count). The van der Waals surface area contributed by atoms with Crippen LogP contribution in [0.15, 0.2) is 33.8 Å². The molecule has 3 amide bonds. The zero-order valence-corrected chi connectivity index (χ0v) is 13.4. The fourth-order valence-electron chi connectivity index (χ4n) is 1.41. The number of halogens is 1. The number of urea groups is 1. The van der Waals surface area contributed by atoms with Gasteiger partial charge in [0.15, 0.2) is 0 Å². The van der Waals surface area contributed by atoms with Crippen LogP contribution in [-0.2, 0) is 9.59 Å². The number of hydrogen-bond acceptors (Lipinski definition) is 3. The smallest absolute Gasteiger partial charge is 0.331 e. The summed E-state index contributed by atoms with van der Waals surface area (Å²) in [6.45, 7) is 4.50. The van der Waals surface area contributed by atoms with Gasteiger partial charge in [-0.1, -0.05) is 15.9 Å². The molecule has 0 aliphatic heterocycles. The Morgan fingerprint density at radius 1 is 1.14 bits per heavy atom. The number of carboxylic acid groups (broad SMARTS) is 1. The molecule has 0 unspecified atom stereocenters. The summed E-state index contributed by atoms with van der Waals surface area (Å²) in [5.41, 5.74) is 1.32. The highest BCUT2D eigenvalue weighted by Crippen LogP contribution is 2.19. The Hall–Kier alpha value is -2.15. The van der Waals surface area contributed by atoms with Crippen molar-refractivity contribution in [2.75, 3.05) is 5.32 Å². The molecule has 0 aliphatic rings. The number of aryl methyl sites for hydroxylation is 1. The highest BCUT2D eigenvalue weighted by atomic mass is 79.9. The van der Waals surface area contributed by atoms with Crippen LogP contribution in [-0.4, -0.2) is 23.0 Å². The van der Waals surface area contributed by atoms with Crippen molar-refractivity contribution in [3.8, 4) is 0 Å². The third-order valence-corrected chi connectivity index (χ3v) is 3.76. The van der Waals surface area contributed by atoms with Crippen LogP contribution in [0.5, 0.6) is 0 Å². The average molecular weight is 355 g/mol. The molecule has 0 atom stereocenters. The summed E-state index contributed by atoms with van der Waals surface area (Å²) < 4.78 is 0.903. The zero-order chi connectivity index (χ0) is 16.2. The maximum absolute atomic E-state index is 11.7. The van der Waals surface area contributed by atoms with Crippen molar-refractivity contribution in [2.45, 2.75) is 20.8 Å². The molecule has 0 saturated heterocycles. The van der Waals surface area contributed by atoms with E-state index in [9.17, 15) is 14.4 Å². The van der Waals surface area contributed by atoms with Crippen LogP contribution in [0.3, 0.4) is 0 Å². The molecule has 21 heavy (non-hydrogen) atoms. The third kappa shape index (κ3) is 4.71. The van der Waals surface area contributed by atoms with Gasteiger partial charge in [-0.3, -0.25) is 10.1 Å². The second kappa shape index (κ2) is 7.03. The Bertz CT molecular complexity index is 638. The quantitative estimate of drug-likeness (QED) is 0.727. The molecule has 0 heterocycles. The number of aliphatic carboxylic acids is 1. The van der Waals surface area contributed by atoms with E-state index in [4.69, 9.17) is 5.11 Å². The topological polar surface area (TPSA) is 95.5 Å². The van der Waals surface area contributed by atoms with Gasteiger partial charge in [0.05, 0.1) is 0 Å². The van der Waals surface area contributed by atoms with Gasteiger partial charge in [0.1, 0.15) is 0 Å². The van der Waals surface area contributed by atoms with Gasteiger partial charge in [0.25, 0.3) is 5.91 Å². The minimum atomic E-state index is -1.20. The Kier molecular flexibility index (Phi) is 5.66. The average Bonchev–Trinajstić information content (AvgIpc) is 2.40. The van der Waals surface area contributed by atoms with Gasteiger partial charge >= 0.3 is 12.0 Å². The van der Waals surface area contributed by atoms with E-state index in [1.165, 1.54) is 13.8 Å². The SMILES string of the molecule is CC(C(=O)O)=C(C)C(=O)NC(=O)Nc1ccc(Br)c(C)c1. The molecule has 1 aromatic carbocycles. The van der Waals surface area contributed by atoms with Gasteiger partial charge in [-0.2, -0.15) is 0 Å². The van der Waals surface area contributed by atoms with Crippen LogP contribution in [0.1, 0.15) is 19.4 Å². The van der Waals surface area contributed by atoms with Crippen LogP contribution in [0, 0.1) is 6.92 Å². The number of carbonyl (C=O) groups is 3. The fourth-order valence-corrected chi connectivity index (χ4v) is 1.66. The van der Waals surface area contributed by atoms with E-state index in [0.29, 0.717) is 5.69 Å². The number of rotatable bonds is 3. The Labute approximate surface area is 130 Å². The number of hydrogen-bond donors (Lipinski definition) is 3. The monoisotopic (exact) mass is 354 g/mol. The largest absolute Gasteiger partial charge is 0.478 e. The minimum absolute atomic E-state index is 0.0235. The van der Waals surface area contributed by atoms with Gasteiger partial charge < -0.3 is 10.4 Å². The van der Waals surface area contributed by atoms with Crippen LogP contribution in [0.2, 0.25) is 0 Å². The number of nitrogens with one attached hydrogen (secondary N) is 2. The Balaban J connectivity index is 2.74. The highest BCUT2D eigenvalue weighted by molar-refractivity contribution is 9.10. The van der Waals surface area contributed by atoms with Crippen molar-refractivity contribution >= 4 is 39.5 Å². The highest BCUT2D eigenvalue weighted by Gasteiger charge is 2.15. The Morgan fingerprint density at radius 2 is 1.76 bits per heavy atom. The van der Waals surface area contributed by atoms with E-state index >= 15 is 0 Å². The van der Waals surface area contributed by atoms with E-state index < -0.39 is 17.9 Å². The van der Waals surface area contributed by atoms with E-state index in [1.807, 2.05) is 6.92 Å². The predicted molar refractivity (Wildman–Crippen MR) is 82.1 cm³/mol. The van der Waals surface area contributed by atoms with E-state index in [1.54, 1.807) is 18.2 Å². The summed E-state index contributed by atoms with van der Waals surface area (Å²) in [4.78, 5) is 34.1. The molecule has 0 spiro atoms. The molecular weight excluding hydrogens is 340 g/mol. The van der Waals surface area contributed by atoms with E-state index in [0.717, 1.165) is 10.0 Å². The molecule has 0 fully saturated rings. The van der Waals surface area contributed by atoms with Crippen molar-refractivity contribution < 1.29 is 19.5 Å². The summed E-state index contributed by atoms with van der Waals surface area (Å²) in [6.07, 6.45) is 0. The summed E-state index contributed by atoms with van der Waals surface area (Å²) >= 11 is 3.34. The Morgan fingerprint density at radius 3 is 2.29 bits per heavy atom. The number of amides is 3. The zero-order valence-electron chi connectivity index (χ0n) is 11.8. The number of anilines is 1. The normalized spacial score (nSPS) is 11.4. The van der Waals surface area contributed by atoms with Crippen LogP contribution in [0.25, 0.3) is 0 Å². The molecule has 0 saturated carbocycles. The van der Waals surface area contributed by atoms with Crippen molar-refractivity contribution in [3.63, 3.8) is 0 Å². The summed E-state index contributed by atoms with van der Waals surface area (Å²) in [5.74, 6) is -1.95. The number of benzene rings is 1. The van der Waals surface area contributed by atoms with E-state index in [2.05, 4.69) is 26.6 Å². The van der Waals surface area contributed by atoms with Crippen LogP contribution < -0.4 is 10.6 Å². The minimum Gasteiger partial charge on any atom is -0.478 e. The lowest BCUT2D eigenvalue weighted by Gasteiger charge is -2.09. The summed E-state index contributed by atoms with van der Waals surface area (Å²) in [5, 5.41) is 13.4. The van der Waals surface area contributed by atoms with Gasteiger partial charge in [-0.05, 0) is 44.5 Å². The molecule has 6 nitrogen and oxygen atoms in total. The molecule has 112 valence electrons. The lowest BCUT2D eigenvalue weighted by atomic mass is 10.1. The first kappa shape index (κ1) is 16.9. The van der Waals surface area contributed by atoms with Crippen molar-refractivity contribution in [2.24, 2.45) is 0 Å². The predicted octanol–water partition coefficient (Wildman–Crippen LogP) is 2.83. The van der Waals surface area contributed by atoms with Crippen LogP contribution >= 0.6 is 15.9 Å². The second-order valence-electron chi connectivity index (χ2n) is 4.43. The van der Waals surface area contributed by atoms with Gasteiger partial charge in [-0.15, -0.1) is 0 Å². The molecule has 3 N–H and O–H groups in total. The van der Waals surface area contributed by atoms with Crippen LogP contribution in [0.4, 0.5) is 10.5 Å². The first-order chi connectivity index (χ1) is 9.72. The standard InChI is InChI=1S/C14H15BrN2O4/c1-7-6-10(4-5-11(7)15)16-14(21)17-12(18)8(2)9(3)13(19)20/h4-6H,1-3H3,(H,19,20)(H2,16,17,18,21). The molecule has 0 bridgehead atoms. The molecule has 0 radical (unpaired) electrons. The summed E-state index contributed by atoms with van der Waals surface area (Å²) in [7, 11) is 0. The maximum Gasteiger partial charge on any atom is 0.331 e. The first-order valence-corrected chi connectivity index (χ1v) is 6.81. The lowest BCUT2D eigenvalue weighted by molar-refractivity contribution is -0.133. The fraction of sp³-hybridized carbons (Fsp3) is 0.214. The number of carbonyl (C=O) groups excluding carboxylic acids is 2. The van der Waals surface area contributed by atoms with Gasteiger partial charge in [-0.25, -0.2) is 9.59 Å². The number of imide groups is 1. The number of carboxylic acids is 1. The van der Waals surface area contributed by atoms with E-state index in [-0.39, 0.29) is 11.1 Å². The van der Waals surface area contributed by atoms with Crippen molar-refractivity contribution in [3.05, 3.63) is 39.4 Å². The molecule has 1 aromatic rings. The lowest BCUT2D eigenvalue weighted by Crippen LogP contribution is -2.35.